The van der Waals surface area contributed by atoms with Crippen LogP contribution in [0.25, 0.3) is 0 Å². The molecule has 1 aliphatic heterocycles. The zero-order valence-electron chi connectivity index (χ0n) is 15.5. The van der Waals surface area contributed by atoms with Crippen LogP contribution in [0.4, 0.5) is 0 Å². The fourth-order valence-corrected chi connectivity index (χ4v) is 3.19. The lowest BCUT2D eigenvalue weighted by Crippen LogP contribution is -2.44. The summed E-state index contributed by atoms with van der Waals surface area (Å²) in [5.41, 5.74) is 0.748. The minimum absolute atomic E-state index is 0.155. The summed E-state index contributed by atoms with van der Waals surface area (Å²) < 4.78 is 18.2. The highest BCUT2D eigenvalue weighted by atomic mass is 28.4. The van der Waals surface area contributed by atoms with Crippen LogP contribution in [0.15, 0.2) is 12.2 Å². The molecule has 1 saturated heterocycles. The fraction of sp³-hybridized carbons (Fsp3) is 0.882. The Hall–Kier alpha value is -0.203. The van der Waals surface area contributed by atoms with Crippen LogP contribution in [0.3, 0.4) is 0 Å². The zero-order valence-corrected chi connectivity index (χ0v) is 16.5. The Bertz CT molecular complexity index is 398. The molecule has 0 aromatic heterocycles. The van der Waals surface area contributed by atoms with Gasteiger partial charge in [-0.05, 0) is 38.9 Å². The standard InChI is InChI=1S/C17H34O4Si/c1-12(2)13(18)10-14-15(21-17(6,7)20-14)11-19-22(8,9)16(3,4)5/h13-15,18H,1,10-11H2,2-9H3/t13-,14+,15+/m1/s1. The summed E-state index contributed by atoms with van der Waals surface area (Å²) in [5.74, 6) is -0.638. The number of ether oxygens (including phenoxy) is 2. The lowest BCUT2D eigenvalue weighted by Gasteiger charge is -2.37. The van der Waals surface area contributed by atoms with Crippen molar-refractivity contribution in [2.45, 2.75) is 90.2 Å². The van der Waals surface area contributed by atoms with Gasteiger partial charge < -0.3 is 19.0 Å². The van der Waals surface area contributed by atoms with Gasteiger partial charge in [-0.3, -0.25) is 0 Å². The summed E-state index contributed by atoms with van der Waals surface area (Å²) in [6.45, 7) is 21.1. The predicted octanol–water partition coefficient (Wildman–Crippen LogP) is 3.86. The van der Waals surface area contributed by atoms with Gasteiger partial charge in [-0.15, -0.1) is 0 Å². The van der Waals surface area contributed by atoms with Gasteiger partial charge in [-0.25, -0.2) is 0 Å². The Kier molecular flexibility index (Phi) is 6.07. The topological polar surface area (TPSA) is 47.9 Å². The Balaban J connectivity index is 2.71. The third-order valence-electron chi connectivity index (χ3n) is 4.72. The monoisotopic (exact) mass is 330 g/mol. The van der Waals surface area contributed by atoms with Crippen LogP contribution in [-0.2, 0) is 13.9 Å². The molecule has 5 heteroatoms. The van der Waals surface area contributed by atoms with Crippen molar-refractivity contribution in [3.05, 3.63) is 12.2 Å². The fourth-order valence-electron chi connectivity index (χ4n) is 2.18. The second-order valence-electron chi connectivity index (χ2n) is 8.38. The lowest BCUT2D eigenvalue weighted by molar-refractivity contribution is -0.150. The van der Waals surface area contributed by atoms with Crippen molar-refractivity contribution >= 4 is 8.32 Å². The molecular formula is C17H34O4Si. The Morgan fingerprint density at radius 3 is 2.23 bits per heavy atom. The summed E-state index contributed by atoms with van der Waals surface area (Å²) >= 11 is 0. The van der Waals surface area contributed by atoms with Gasteiger partial charge in [0.25, 0.3) is 0 Å². The molecule has 3 atom stereocenters. The minimum Gasteiger partial charge on any atom is -0.414 e. The van der Waals surface area contributed by atoms with Gasteiger partial charge in [0.2, 0.25) is 0 Å². The van der Waals surface area contributed by atoms with Gasteiger partial charge in [-0.1, -0.05) is 32.9 Å². The molecule has 1 fully saturated rings. The van der Waals surface area contributed by atoms with E-state index in [-0.39, 0.29) is 17.2 Å². The molecule has 0 amide bonds. The highest BCUT2D eigenvalue weighted by Crippen LogP contribution is 2.38. The Labute approximate surface area is 137 Å². The molecule has 0 aromatic carbocycles. The molecule has 0 aromatic rings. The molecule has 0 aliphatic carbocycles. The number of aliphatic hydroxyl groups is 1. The van der Waals surface area contributed by atoms with E-state index in [2.05, 4.69) is 40.4 Å². The first-order valence-corrected chi connectivity index (χ1v) is 11.0. The largest absolute Gasteiger partial charge is 0.414 e. The maximum atomic E-state index is 10.1. The summed E-state index contributed by atoms with van der Waals surface area (Å²) in [6.07, 6.45) is -0.410. The minimum atomic E-state index is -1.83. The van der Waals surface area contributed by atoms with Crippen LogP contribution in [0.5, 0.6) is 0 Å². The van der Waals surface area contributed by atoms with E-state index in [1.807, 2.05) is 20.8 Å². The molecule has 1 aliphatic rings. The first-order valence-electron chi connectivity index (χ1n) is 8.08. The van der Waals surface area contributed by atoms with Gasteiger partial charge in [0.15, 0.2) is 14.1 Å². The number of aliphatic hydroxyl groups excluding tert-OH is 1. The van der Waals surface area contributed by atoms with Crippen LogP contribution in [0.1, 0.15) is 48.0 Å². The summed E-state index contributed by atoms with van der Waals surface area (Å²) in [4.78, 5) is 0. The molecule has 0 saturated carbocycles. The van der Waals surface area contributed by atoms with Crippen LogP contribution in [0, 0.1) is 0 Å². The molecule has 1 N–H and O–H groups in total. The van der Waals surface area contributed by atoms with E-state index < -0.39 is 20.2 Å². The average Bonchev–Trinajstić information content (AvgIpc) is 2.59. The van der Waals surface area contributed by atoms with E-state index in [0.29, 0.717) is 13.0 Å². The normalized spacial score (nSPS) is 27.0. The highest BCUT2D eigenvalue weighted by Gasteiger charge is 2.44. The number of hydrogen-bond donors (Lipinski definition) is 1. The first kappa shape index (κ1) is 19.8. The van der Waals surface area contributed by atoms with Crippen molar-refractivity contribution in [2.75, 3.05) is 6.61 Å². The van der Waals surface area contributed by atoms with Crippen LogP contribution in [0.2, 0.25) is 18.1 Å². The van der Waals surface area contributed by atoms with Gasteiger partial charge in [0.1, 0.15) is 6.10 Å². The summed E-state index contributed by atoms with van der Waals surface area (Å²) in [5, 5.41) is 10.2. The quantitative estimate of drug-likeness (QED) is 0.593. The summed E-state index contributed by atoms with van der Waals surface area (Å²) in [7, 11) is -1.83. The molecule has 4 nitrogen and oxygen atoms in total. The molecule has 0 unspecified atom stereocenters. The summed E-state index contributed by atoms with van der Waals surface area (Å²) in [6, 6.07) is 0. The van der Waals surface area contributed by atoms with E-state index in [9.17, 15) is 5.11 Å². The highest BCUT2D eigenvalue weighted by molar-refractivity contribution is 6.74. The van der Waals surface area contributed by atoms with E-state index in [1.165, 1.54) is 0 Å². The molecule has 22 heavy (non-hydrogen) atoms. The Morgan fingerprint density at radius 1 is 1.27 bits per heavy atom. The van der Waals surface area contributed by atoms with E-state index in [4.69, 9.17) is 13.9 Å². The van der Waals surface area contributed by atoms with Crippen molar-refractivity contribution in [1.82, 2.24) is 0 Å². The maximum Gasteiger partial charge on any atom is 0.192 e. The second-order valence-corrected chi connectivity index (χ2v) is 13.2. The van der Waals surface area contributed by atoms with Crippen molar-refractivity contribution < 1.29 is 19.0 Å². The predicted molar refractivity (Wildman–Crippen MR) is 92.4 cm³/mol. The second kappa shape index (κ2) is 6.73. The molecule has 0 radical (unpaired) electrons. The van der Waals surface area contributed by atoms with E-state index in [1.54, 1.807) is 0 Å². The Morgan fingerprint density at radius 2 is 1.77 bits per heavy atom. The number of hydrogen-bond acceptors (Lipinski definition) is 4. The molecule has 1 rings (SSSR count). The van der Waals surface area contributed by atoms with Gasteiger partial charge in [0, 0.05) is 6.42 Å². The molecule has 0 spiro atoms. The molecule has 1 heterocycles. The SMILES string of the molecule is C=C(C)[C@H](O)C[C@@H]1OC(C)(C)O[C@H]1CO[Si](C)(C)C(C)(C)C. The molecular weight excluding hydrogens is 296 g/mol. The van der Waals surface area contributed by atoms with Gasteiger partial charge in [-0.2, -0.15) is 0 Å². The van der Waals surface area contributed by atoms with E-state index in [0.717, 1.165) is 5.57 Å². The maximum absolute atomic E-state index is 10.1. The molecule has 130 valence electrons. The average molecular weight is 331 g/mol. The van der Waals surface area contributed by atoms with Crippen molar-refractivity contribution in [1.29, 1.82) is 0 Å². The van der Waals surface area contributed by atoms with Crippen molar-refractivity contribution in [3.8, 4) is 0 Å². The third kappa shape index (κ3) is 5.17. The zero-order chi connectivity index (χ0) is 17.3. The smallest absolute Gasteiger partial charge is 0.192 e. The van der Waals surface area contributed by atoms with Crippen LogP contribution in [-0.4, -0.2) is 44.1 Å². The lowest BCUT2D eigenvalue weighted by atomic mass is 10.0. The van der Waals surface area contributed by atoms with Crippen LogP contribution >= 0.6 is 0 Å². The molecule has 0 bridgehead atoms. The van der Waals surface area contributed by atoms with Crippen molar-refractivity contribution in [3.63, 3.8) is 0 Å². The van der Waals surface area contributed by atoms with Gasteiger partial charge in [0.05, 0.1) is 18.8 Å². The number of rotatable bonds is 6. The van der Waals surface area contributed by atoms with Crippen LogP contribution < -0.4 is 0 Å². The van der Waals surface area contributed by atoms with Gasteiger partial charge >= 0.3 is 0 Å². The third-order valence-corrected chi connectivity index (χ3v) is 9.22. The first-order chi connectivity index (χ1) is 9.75. The van der Waals surface area contributed by atoms with Crippen molar-refractivity contribution in [2.24, 2.45) is 0 Å². The van der Waals surface area contributed by atoms with E-state index >= 15 is 0 Å².